The summed E-state index contributed by atoms with van der Waals surface area (Å²) in [5.41, 5.74) is 7.77. The molecule has 6 heteroatoms. The van der Waals surface area contributed by atoms with Gasteiger partial charge in [0.2, 0.25) is 0 Å². The Hall–Kier alpha value is -3.28. The van der Waals surface area contributed by atoms with Gasteiger partial charge in [-0.2, -0.15) is 0 Å². The van der Waals surface area contributed by atoms with Gasteiger partial charge in [0, 0.05) is 11.1 Å². The average molecular weight is 363 g/mol. The van der Waals surface area contributed by atoms with Gasteiger partial charge in [0.25, 0.3) is 11.8 Å². The van der Waals surface area contributed by atoms with E-state index in [-0.39, 0.29) is 5.56 Å². The molecule has 1 aliphatic carbocycles. The molecule has 2 N–H and O–H groups in total. The topological polar surface area (TPSA) is 71.1 Å². The Bertz CT molecular complexity index is 1050. The normalized spacial score (nSPS) is 13.1. The molecule has 2 amide bonds. The van der Waals surface area contributed by atoms with Gasteiger partial charge in [0.15, 0.2) is 0 Å². The summed E-state index contributed by atoms with van der Waals surface area (Å²) in [5, 5.41) is 0.746. The van der Waals surface area contributed by atoms with E-state index in [2.05, 4.69) is 10.9 Å². The number of amides is 2. The third kappa shape index (κ3) is 3.26. The van der Waals surface area contributed by atoms with Crippen molar-refractivity contribution in [2.45, 2.75) is 25.7 Å². The molecular formula is C21H18FN3O2. The SMILES string of the molecule is O=C(NNC(=O)c1c2c(nc3ccccc13)CCCC2)c1ccccc1F. The molecule has 1 heterocycles. The number of benzene rings is 2. The molecule has 27 heavy (non-hydrogen) atoms. The van der Waals surface area contributed by atoms with Crippen LogP contribution in [-0.2, 0) is 12.8 Å². The fraction of sp³-hybridized carbons (Fsp3) is 0.190. The molecule has 0 bridgehead atoms. The largest absolute Gasteiger partial charge is 0.272 e. The number of rotatable bonds is 2. The molecule has 0 fully saturated rings. The Kier molecular flexibility index (Phi) is 4.54. The summed E-state index contributed by atoms with van der Waals surface area (Å²) in [6.45, 7) is 0. The molecule has 2 aromatic carbocycles. The first kappa shape index (κ1) is 17.1. The van der Waals surface area contributed by atoms with Gasteiger partial charge in [-0.15, -0.1) is 0 Å². The van der Waals surface area contributed by atoms with Crippen LogP contribution in [0.15, 0.2) is 48.5 Å². The number of hydrazine groups is 1. The standard InChI is InChI=1S/C21H18FN3O2/c22-16-10-4-1-7-13(16)20(26)24-25-21(27)19-14-8-2-5-11-17(14)23-18-12-6-3-9-15(18)19/h1-2,4-5,7-8,10-11H,3,6,9,12H2,(H,24,26)(H,25,27). The summed E-state index contributed by atoms with van der Waals surface area (Å²) in [5.74, 6) is -1.76. The maximum Gasteiger partial charge on any atom is 0.272 e. The van der Waals surface area contributed by atoms with Crippen molar-refractivity contribution in [2.24, 2.45) is 0 Å². The van der Waals surface area contributed by atoms with Crippen molar-refractivity contribution in [3.05, 3.63) is 76.7 Å². The second kappa shape index (κ2) is 7.15. The van der Waals surface area contributed by atoms with Crippen molar-refractivity contribution in [1.29, 1.82) is 0 Å². The Morgan fingerprint density at radius 1 is 0.889 bits per heavy atom. The van der Waals surface area contributed by atoms with Crippen LogP contribution in [-0.4, -0.2) is 16.8 Å². The molecule has 0 spiro atoms. The highest BCUT2D eigenvalue weighted by molar-refractivity contribution is 6.08. The van der Waals surface area contributed by atoms with E-state index in [1.165, 1.54) is 18.2 Å². The van der Waals surface area contributed by atoms with Crippen molar-refractivity contribution < 1.29 is 14.0 Å². The van der Waals surface area contributed by atoms with E-state index in [1.807, 2.05) is 24.3 Å². The highest BCUT2D eigenvalue weighted by Crippen LogP contribution is 2.29. The smallest absolute Gasteiger partial charge is 0.267 e. The predicted octanol–water partition coefficient (Wildman–Crippen LogP) is 3.33. The van der Waals surface area contributed by atoms with Crippen LogP contribution in [0.1, 0.15) is 44.8 Å². The van der Waals surface area contributed by atoms with Crippen molar-refractivity contribution >= 4 is 22.7 Å². The van der Waals surface area contributed by atoms with Crippen LogP contribution in [0.3, 0.4) is 0 Å². The monoisotopic (exact) mass is 363 g/mol. The molecule has 0 atom stereocenters. The zero-order chi connectivity index (χ0) is 18.8. The van der Waals surface area contributed by atoms with Gasteiger partial charge in [-0.25, -0.2) is 4.39 Å². The van der Waals surface area contributed by atoms with Crippen LogP contribution < -0.4 is 10.9 Å². The summed E-state index contributed by atoms with van der Waals surface area (Å²) in [6.07, 6.45) is 3.65. The molecule has 3 aromatic rings. The van der Waals surface area contributed by atoms with E-state index in [0.717, 1.165) is 47.8 Å². The summed E-state index contributed by atoms with van der Waals surface area (Å²) in [6, 6.07) is 13.1. The number of aryl methyl sites for hydroxylation is 1. The summed E-state index contributed by atoms with van der Waals surface area (Å²) >= 11 is 0. The number of halogens is 1. The van der Waals surface area contributed by atoms with Crippen molar-refractivity contribution in [3.8, 4) is 0 Å². The van der Waals surface area contributed by atoms with Gasteiger partial charge in [-0.3, -0.25) is 25.4 Å². The van der Waals surface area contributed by atoms with Crippen LogP contribution in [0.2, 0.25) is 0 Å². The number of nitrogens with one attached hydrogen (secondary N) is 2. The Morgan fingerprint density at radius 2 is 1.59 bits per heavy atom. The first-order chi connectivity index (χ1) is 13.1. The summed E-state index contributed by atoms with van der Waals surface area (Å²) < 4.78 is 13.7. The van der Waals surface area contributed by atoms with Gasteiger partial charge < -0.3 is 0 Å². The molecule has 0 saturated carbocycles. The molecular weight excluding hydrogens is 345 g/mol. The zero-order valence-electron chi connectivity index (χ0n) is 14.6. The van der Waals surface area contributed by atoms with E-state index < -0.39 is 17.6 Å². The molecule has 1 aromatic heterocycles. The number of nitrogens with zero attached hydrogens (tertiary/aromatic N) is 1. The molecule has 1 aliphatic rings. The number of hydrogen-bond acceptors (Lipinski definition) is 3. The number of fused-ring (bicyclic) bond motifs is 2. The lowest BCUT2D eigenvalue weighted by atomic mass is 9.89. The third-order valence-corrected chi connectivity index (χ3v) is 4.80. The number of aromatic nitrogens is 1. The minimum atomic E-state index is -0.700. The molecule has 0 aliphatic heterocycles. The van der Waals surface area contributed by atoms with Crippen molar-refractivity contribution in [2.75, 3.05) is 0 Å². The second-order valence-corrected chi connectivity index (χ2v) is 6.52. The number of hydrogen-bond donors (Lipinski definition) is 2. The third-order valence-electron chi connectivity index (χ3n) is 4.80. The lowest BCUT2D eigenvalue weighted by Crippen LogP contribution is -2.42. The second-order valence-electron chi connectivity index (χ2n) is 6.52. The molecule has 0 saturated heterocycles. The van der Waals surface area contributed by atoms with E-state index in [9.17, 15) is 14.0 Å². The molecule has 0 radical (unpaired) electrons. The Labute approximate surface area is 155 Å². The van der Waals surface area contributed by atoms with Gasteiger partial charge >= 0.3 is 0 Å². The summed E-state index contributed by atoms with van der Waals surface area (Å²) in [7, 11) is 0. The number of carbonyl (C=O) groups excluding carboxylic acids is 2. The first-order valence-corrected chi connectivity index (χ1v) is 8.91. The van der Waals surface area contributed by atoms with Gasteiger partial charge in [-0.05, 0) is 49.4 Å². The zero-order valence-corrected chi connectivity index (χ0v) is 14.6. The van der Waals surface area contributed by atoms with Crippen LogP contribution in [0.25, 0.3) is 10.9 Å². The van der Waals surface area contributed by atoms with E-state index in [1.54, 1.807) is 6.07 Å². The highest BCUT2D eigenvalue weighted by Gasteiger charge is 2.23. The average Bonchev–Trinajstić information content (AvgIpc) is 2.70. The maximum atomic E-state index is 13.7. The quantitative estimate of drug-likeness (QED) is 0.686. The van der Waals surface area contributed by atoms with E-state index >= 15 is 0 Å². The number of pyridine rings is 1. The highest BCUT2D eigenvalue weighted by atomic mass is 19.1. The maximum absolute atomic E-state index is 13.7. The fourth-order valence-corrected chi connectivity index (χ4v) is 3.52. The van der Waals surface area contributed by atoms with E-state index in [0.29, 0.717) is 5.56 Å². The van der Waals surface area contributed by atoms with Crippen LogP contribution in [0.4, 0.5) is 4.39 Å². The van der Waals surface area contributed by atoms with Crippen molar-refractivity contribution in [1.82, 2.24) is 15.8 Å². The van der Waals surface area contributed by atoms with Gasteiger partial charge in [0.05, 0.1) is 16.6 Å². The van der Waals surface area contributed by atoms with Crippen LogP contribution in [0.5, 0.6) is 0 Å². The van der Waals surface area contributed by atoms with Gasteiger partial charge in [0.1, 0.15) is 5.82 Å². The van der Waals surface area contributed by atoms with Crippen molar-refractivity contribution in [3.63, 3.8) is 0 Å². The van der Waals surface area contributed by atoms with Gasteiger partial charge in [-0.1, -0.05) is 30.3 Å². The minimum Gasteiger partial charge on any atom is -0.267 e. The number of para-hydroxylation sites is 1. The minimum absolute atomic E-state index is 0.126. The summed E-state index contributed by atoms with van der Waals surface area (Å²) in [4.78, 5) is 29.8. The molecule has 4 rings (SSSR count). The first-order valence-electron chi connectivity index (χ1n) is 8.91. The van der Waals surface area contributed by atoms with Crippen LogP contribution in [0, 0.1) is 5.82 Å². The lowest BCUT2D eigenvalue weighted by molar-refractivity contribution is 0.0844. The predicted molar refractivity (Wildman–Crippen MR) is 99.7 cm³/mol. The fourth-order valence-electron chi connectivity index (χ4n) is 3.52. The molecule has 136 valence electrons. The molecule has 0 unspecified atom stereocenters. The van der Waals surface area contributed by atoms with Crippen LogP contribution >= 0.6 is 0 Å². The number of carbonyl (C=O) groups is 2. The Balaban J connectivity index is 1.65. The molecule has 5 nitrogen and oxygen atoms in total. The van der Waals surface area contributed by atoms with E-state index in [4.69, 9.17) is 4.98 Å². The Morgan fingerprint density at radius 3 is 2.44 bits per heavy atom. The lowest BCUT2D eigenvalue weighted by Gasteiger charge is -2.20.